The van der Waals surface area contributed by atoms with Crippen molar-refractivity contribution in [2.45, 2.75) is 4.90 Å². The van der Waals surface area contributed by atoms with Crippen molar-refractivity contribution in [3.63, 3.8) is 0 Å². The van der Waals surface area contributed by atoms with Crippen LogP contribution in [0.4, 0.5) is 11.4 Å². The smallest absolute Gasteiger partial charge is 0.243 e. The van der Waals surface area contributed by atoms with Gasteiger partial charge >= 0.3 is 0 Å². The molecule has 1 amide bonds. The van der Waals surface area contributed by atoms with Gasteiger partial charge in [-0.15, -0.1) is 11.8 Å². The van der Waals surface area contributed by atoms with E-state index in [-0.39, 0.29) is 12.5 Å². The number of nitrogens with one attached hydrogen (secondary N) is 2. The van der Waals surface area contributed by atoms with E-state index in [1.54, 1.807) is 24.9 Å². The highest BCUT2D eigenvalue weighted by molar-refractivity contribution is 7.98. The zero-order chi connectivity index (χ0) is 15.1. The van der Waals surface area contributed by atoms with Crippen LogP contribution in [0.2, 0.25) is 0 Å². The number of hydrogen-bond acceptors (Lipinski definition) is 4. The molecular formula is C16H18N2O2S. The predicted molar refractivity (Wildman–Crippen MR) is 88.3 cm³/mol. The standard InChI is InChI=1S/C16H18N2O2S/c1-20-14-7-3-6-13(9-14)18-16(19)11-17-12-5-4-8-15(10-12)21-2/h3-10,17H,11H2,1-2H3,(H,18,19). The molecular weight excluding hydrogens is 284 g/mol. The van der Waals surface area contributed by atoms with Crippen molar-refractivity contribution >= 4 is 29.0 Å². The second-order valence-electron chi connectivity index (χ2n) is 4.37. The molecule has 0 aliphatic carbocycles. The Kier molecular flexibility index (Phi) is 5.51. The van der Waals surface area contributed by atoms with Crippen molar-refractivity contribution in [3.8, 4) is 5.75 Å². The molecule has 5 heteroatoms. The lowest BCUT2D eigenvalue weighted by molar-refractivity contribution is -0.114. The first-order valence-electron chi connectivity index (χ1n) is 6.53. The molecule has 0 radical (unpaired) electrons. The van der Waals surface area contributed by atoms with Crippen molar-refractivity contribution in [1.82, 2.24) is 0 Å². The highest BCUT2D eigenvalue weighted by atomic mass is 32.2. The van der Waals surface area contributed by atoms with Gasteiger partial charge in [-0.05, 0) is 36.6 Å². The van der Waals surface area contributed by atoms with E-state index in [4.69, 9.17) is 4.74 Å². The Bertz CT molecular complexity index is 617. The van der Waals surface area contributed by atoms with Gasteiger partial charge in [0, 0.05) is 22.3 Å². The van der Waals surface area contributed by atoms with Gasteiger partial charge in [-0.2, -0.15) is 0 Å². The summed E-state index contributed by atoms with van der Waals surface area (Å²) in [5, 5.41) is 5.94. The van der Waals surface area contributed by atoms with E-state index < -0.39 is 0 Å². The minimum atomic E-state index is -0.0993. The topological polar surface area (TPSA) is 50.4 Å². The number of amides is 1. The van der Waals surface area contributed by atoms with Crippen molar-refractivity contribution < 1.29 is 9.53 Å². The third kappa shape index (κ3) is 4.72. The molecule has 2 aromatic carbocycles. The summed E-state index contributed by atoms with van der Waals surface area (Å²) in [6.07, 6.45) is 2.02. The highest BCUT2D eigenvalue weighted by Gasteiger charge is 2.03. The summed E-state index contributed by atoms with van der Waals surface area (Å²) in [5.74, 6) is 0.617. The summed E-state index contributed by atoms with van der Waals surface area (Å²) < 4.78 is 5.12. The van der Waals surface area contributed by atoms with Crippen molar-refractivity contribution in [1.29, 1.82) is 0 Å². The lowest BCUT2D eigenvalue weighted by Crippen LogP contribution is -2.21. The second-order valence-corrected chi connectivity index (χ2v) is 5.25. The third-order valence-electron chi connectivity index (χ3n) is 2.88. The van der Waals surface area contributed by atoms with Crippen LogP contribution in [0.5, 0.6) is 5.75 Å². The van der Waals surface area contributed by atoms with E-state index in [1.165, 1.54) is 0 Å². The van der Waals surface area contributed by atoms with Gasteiger partial charge in [0.1, 0.15) is 5.75 Å². The molecule has 0 saturated carbocycles. The molecule has 0 heterocycles. The lowest BCUT2D eigenvalue weighted by Gasteiger charge is -2.09. The predicted octanol–water partition coefficient (Wildman–Crippen LogP) is 3.47. The Morgan fingerprint density at radius 1 is 1.14 bits per heavy atom. The lowest BCUT2D eigenvalue weighted by atomic mass is 10.3. The number of hydrogen-bond donors (Lipinski definition) is 2. The van der Waals surface area contributed by atoms with Crippen LogP contribution in [-0.4, -0.2) is 25.8 Å². The molecule has 2 rings (SSSR count). The molecule has 0 bridgehead atoms. The number of rotatable bonds is 6. The number of ether oxygens (including phenoxy) is 1. The monoisotopic (exact) mass is 302 g/mol. The number of anilines is 2. The fourth-order valence-corrected chi connectivity index (χ4v) is 2.28. The van der Waals surface area contributed by atoms with Crippen molar-refractivity contribution in [3.05, 3.63) is 48.5 Å². The third-order valence-corrected chi connectivity index (χ3v) is 3.60. The minimum absolute atomic E-state index is 0.0993. The number of carbonyl (C=O) groups excluding carboxylic acids is 1. The maximum absolute atomic E-state index is 11.9. The molecule has 110 valence electrons. The first-order valence-corrected chi connectivity index (χ1v) is 7.75. The van der Waals surface area contributed by atoms with Crippen LogP contribution < -0.4 is 15.4 Å². The molecule has 0 atom stereocenters. The van der Waals surface area contributed by atoms with Gasteiger partial charge in [-0.25, -0.2) is 0 Å². The van der Waals surface area contributed by atoms with Gasteiger partial charge in [0.2, 0.25) is 5.91 Å². The average molecular weight is 302 g/mol. The molecule has 2 N–H and O–H groups in total. The van der Waals surface area contributed by atoms with Crippen LogP contribution in [-0.2, 0) is 4.79 Å². The molecule has 4 nitrogen and oxygen atoms in total. The van der Waals surface area contributed by atoms with Gasteiger partial charge in [0.25, 0.3) is 0 Å². The Hall–Kier alpha value is -2.14. The van der Waals surface area contributed by atoms with Gasteiger partial charge < -0.3 is 15.4 Å². The Morgan fingerprint density at radius 2 is 1.90 bits per heavy atom. The number of benzene rings is 2. The van der Waals surface area contributed by atoms with Crippen LogP contribution in [0, 0.1) is 0 Å². The minimum Gasteiger partial charge on any atom is -0.497 e. The van der Waals surface area contributed by atoms with E-state index >= 15 is 0 Å². The molecule has 0 unspecified atom stereocenters. The van der Waals surface area contributed by atoms with Gasteiger partial charge in [-0.1, -0.05) is 12.1 Å². The Morgan fingerprint density at radius 3 is 2.67 bits per heavy atom. The van der Waals surface area contributed by atoms with Crippen molar-refractivity contribution in [2.75, 3.05) is 30.5 Å². The van der Waals surface area contributed by atoms with E-state index in [0.29, 0.717) is 5.75 Å². The summed E-state index contributed by atoms with van der Waals surface area (Å²) in [6, 6.07) is 15.2. The summed E-state index contributed by atoms with van der Waals surface area (Å²) >= 11 is 1.67. The molecule has 0 saturated heterocycles. The van der Waals surface area contributed by atoms with Crippen LogP contribution in [0.3, 0.4) is 0 Å². The Balaban J connectivity index is 1.89. The molecule has 21 heavy (non-hydrogen) atoms. The van der Waals surface area contributed by atoms with Crippen LogP contribution in [0.25, 0.3) is 0 Å². The normalized spacial score (nSPS) is 10.0. The largest absolute Gasteiger partial charge is 0.497 e. The fourth-order valence-electron chi connectivity index (χ4n) is 1.82. The molecule has 0 aliphatic heterocycles. The maximum Gasteiger partial charge on any atom is 0.243 e. The average Bonchev–Trinajstić information content (AvgIpc) is 2.53. The van der Waals surface area contributed by atoms with Crippen LogP contribution in [0.1, 0.15) is 0 Å². The van der Waals surface area contributed by atoms with E-state index in [1.807, 2.05) is 48.7 Å². The summed E-state index contributed by atoms with van der Waals surface area (Å²) in [4.78, 5) is 13.1. The number of methoxy groups -OCH3 is 1. The zero-order valence-corrected chi connectivity index (χ0v) is 12.9. The van der Waals surface area contributed by atoms with Gasteiger partial charge in [0.15, 0.2) is 0 Å². The first kappa shape index (κ1) is 15.3. The quantitative estimate of drug-likeness (QED) is 0.802. The van der Waals surface area contributed by atoms with E-state index in [2.05, 4.69) is 10.6 Å². The number of thioether (sulfide) groups is 1. The van der Waals surface area contributed by atoms with Gasteiger partial charge in [0.05, 0.1) is 13.7 Å². The molecule has 2 aromatic rings. The Labute approximate surface area is 128 Å². The van der Waals surface area contributed by atoms with Crippen molar-refractivity contribution in [2.24, 2.45) is 0 Å². The summed E-state index contributed by atoms with van der Waals surface area (Å²) in [7, 11) is 1.60. The van der Waals surface area contributed by atoms with E-state index in [9.17, 15) is 4.79 Å². The number of carbonyl (C=O) groups is 1. The summed E-state index contributed by atoms with van der Waals surface area (Å²) in [6.45, 7) is 0.217. The highest BCUT2D eigenvalue weighted by Crippen LogP contribution is 2.19. The van der Waals surface area contributed by atoms with E-state index in [0.717, 1.165) is 16.3 Å². The van der Waals surface area contributed by atoms with Crippen LogP contribution in [0.15, 0.2) is 53.4 Å². The first-order chi connectivity index (χ1) is 10.2. The zero-order valence-electron chi connectivity index (χ0n) is 12.1. The second kappa shape index (κ2) is 7.59. The maximum atomic E-state index is 11.9. The summed E-state index contributed by atoms with van der Waals surface area (Å²) in [5.41, 5.74) is 1.65. The molecule has 0 spiro atoms. The molecule has 0 aromatic heterocycles. The van der Waals surface area contributed by atoms with Crippen LogP contribution >= 0.6 is 11.8 Å². The SMILES string of the molecule is COc1cccc(NC(=O)CNc2cccc(SC)c2)c1. The van der Waals surface area contributed by atoms with Gasteiger partial charge in [-0.3, -0.25) is 4.79 Å². The molecule has 0 fully saturated rings. The molecule has 0 aliphatic rings. The fraction of sp³-hybridized carbons (Fsp3) is 0.188.